The zero-order chi connectivity index (χ0) is 22.7. The van der Waals surface area contributed by atoms with E-state index in [4.69, 9.17) is 21.2 Å². The normalized spacial score (nSPS) is 10.0. The van der Waals surface area contributed by atoms with Gasteiger partial charge in [0.1, 0.15) is 24.4 Å². The number of amides is 2. The van der Waals surface area contributed by atoms with Crippen LogP contribution in [0.1, 0.15) is 28.4 Å². The quantitative estimate of drug-likeness (QED) is 0.273. The highest BCUT2D eigenvalue weighted by Crippen LogP contribution is 2.30. The molecule has 0 aromatic heterocycles. The van der Waals surface area contributed by atoms with Crippen molar-refractivity contribution >= 4 is 18.0 Å². The number of benzene rings is 2. The molecule has 5 N–H and O–H groups in total. The number of nitrogens with one attached hydrogen (secondary N) is 1. The van der Waals surface area contributed by atoms with Gasteiger partial charge in [-0.15, -0.1) is 0 Å². The number of ether oxygens (including phenoxy) is 2. The summed E-state index contributed by atoms with van der Waals surface area (Å²) < 4.78 is 11.2. The number of nitrogens with two attached hydrogens (primary N) is 2. The molecule has 0 aliphatic heterocycles. The van der Waals surface area contributed by atoms with Crippen molar-refractivity contribution in [3.05, 3.63) is 53.1 Å². The van der Waals surface area contributed by atoms with Crippen molar-refractivity contribution in [3.8, 4) is 11.5 Å². The van der Waals surface area contributed by atoms with Crippen molar-refractivity contribution in [1.29, 1.82) is 0 Å². The molecule has 2 amide bonds. The average molecular weight is 418 g/mol. The molecule has 0 spiro atoms. The van der Waals surface area contributed by atoms with Crippen LogP contribution in [0.4, 0.5) is 10.5 Å². The van der Waals surface area contributed by atoms with Gasteiger partial charge in [-0.3, -0.25) is 10.2 Å². The van der Waals surface area contributed by atoms with Crippen LogP contribution in [0.2, 0.25) is 0 Å². The fourth-order valence-electron chi connectivity index (χ4n) is 2.35. The second-order valence-corrected chi connectivity index (χ2v) is 6.60. The lowest BCUT2D eigenvalue weighted by molar-refractivity contribution is 0.112. The summed E-state index contributed by atoms with van der Waals surface area (Å²) in [6.07, 6.45) is 0.771. The Morgan fingerprint density at radius 2 is 1.87 bits per heavy atom. The summed E-state index contributed by atoms with van der Waals surface area (Å²) in [5.74, 6) is 12.1. The maximum atomic E-state index is 11.7. The first-order valence-electron chi connectivity index (χ1n) is 9.33. The number of urea groups is 1. The Kier molecular flexibility index (Phi) is 10.3. The molecule has 0 fully saturated rings. The fraction of sp³-hybridized carbons (Fsp3) is 0.333. The van der Waals surface area contributed by atoms with E-state index >= 15 is 0 Å². The minimum Gasteiger partial charge on any atom is -0.496 e. The lowest BCUT2D eigenvalue weighted by Gasteiger charge is -2.21. The molecule has 0 saturated carbocycles. The van der Waals surface area contributed by atoms with Gasteiger partial charge < -0.3 is 14.4 Å². The van der Waals surface area contributed by atoms with Crippen LogP contribution in [0, 0.1) is 6.92 Å². The number of aryl methyl sites for hydroxylation is 1. The first-order valence-corrected chi connectivity index (χ1v) is 9.33. The minimum atomic E-state index is -0.680. The van der Waals surface area contributed by atoms with Crippen molar-refractivity contribution in [3.63, 3.8) is 0 Å². The first-order chi connectivity index (χ1) is 14.3. The Morgan fingerprint density at radius 1 is 1.20 bits per heavy atom. The van der Waals surface area contributed by atoms with Gasteiger partial charge in [0.15, 0.2) is 0 Å². The Hall–Kier alpha value is -3.14. The Labute approximate surface area is 177 Å². The molecule has 0 heterocycles. The highest BCUT2D eigenvalue weighted by Gasteiger charge is 2.18. The van der Waals surface area contributed by atoms with Gasteiger partial charge >= 0.3 is 6.03 Å². The first kappa shape index (κ1) is 24.9. The zero-order valence-corrected chi connectivity index (χ0v) is 18.1. The van der Waals surface area contributed by atoms with Crippen LogP contribution in [-0.4, -0.2) is 45.0 Å². The van der Waals surface area contributed by atoms with E-state index in [0.29, 0.717) is 28.3 Å². The highest BCUT2D eigenvalue weighted by atomic mass is 16.5. The molecule has 2 aromatic rings. The number of carbonyl (C=O) groups is 2. The van der Waals surface area contributed by atoms with E-state index in [-0.39, 0.29) is 6.61 Å². The van der Waals surface area contributed by atoms with Crippen molar-refractivity contribution in [2.24, 2.45) is 11.7 Å². The summed E-state index contributed by atoms with van der Waals surface area (Å²) >= 11 is 0. The summed E-state index contributed by atoms with van der Waals surface area (Å²) in [5, 5.41) is 0.879. The SMILES string of the molecule is CCN(C)C.COc1cccc(N(N)C(=O)NN)c1COc1ccc(C=O)cc1C. The summed E-state index contributed by atoms with van der Waals surface area (Å²) in [6.45, 7) is 5.20. The second-order valence-electron chi connectivity index (χ2n) is 6.60. The molecule has 0 radical (unpaired) electrons. The largest absolute Gasteiger partial charge is 0.496 e. The summed E-state index contributed by atoms with van der Waals surface area (Å²) in [5.41, 5.74) is 4.32. The summed E-state index contributed by atoms with van der Waals surface area (Å²) in [4.78, 5) is 24.7. The van der Waals surface area contributed by atoms with E-state index in [1.54, 1.807) is 36.4 Å². The predicted octanol–water partition coefficient (Wildman–Crippen LogP) is 2.23. The number of nitrogens with zero attached hydrogens (tertiary/aromatic N) is 2. The third-order valence-corrected chi connectivity index (χ3v) is 4.27. The average Bonchev–Trinajstić information content (AvgIpc) is 2.77. The maximum Gasteiger partial charge on any atom is 0.350 e. The number of anilines is 1. The molecule has 0 saturated heterocycles. The van der Waals surface area contributed by atoms with Gasteiger partial charge in [0.25, 0.3) is 0 Å². The van der Waals surface area contributed by atoms with Crippen LogP contribution in [0.25, 0.3) is 0 Å². The predicted molar refractivity (Wildman–Crippen MR) is 118 cm³/mol. The molecule has 0 aliphatic carbocycles. The molecule has 0 aliphatic rings. The molecular weight excluding hydrogens is 386 g/mol. The lowest BCUT2D eigenvalue weighted by atomic mass is 10.1. The van der Waals surface area contributed by atoms with Crippen LogP contribution in [0.3, 0.4) is 0 Å². The molecule has 0 bridgehead atoms. The number of aldehydes is 1. The topological polar surface area (TPSA) is 123 Å². The van der Waals surface area contributed by atoms with E-state index in [1.165, 1.54) is 7.11 Å². The number of rotatable bonds is 7. The molecule has 0 unspecified atom stereocenters. The molecule has 9 heteroatoms. The van der Waals surface area contributed by atoms with E-state index in [1.807, 2.05) is 12.3 Å². The number of carbonyl (C=O) groups excluding carboxylic acids is 2. The molecule has 30 heavy (non-hydrogen) atoms. The summed E-state index contributed by atoms with van der Waals surface area (Å²) in [6, 6.07) is 9.50. The van der Waals surface area contributed by atoms with Crippen LogP contribution in [-0.2, 0) is 6.61 Å². The van der Waals surface area contributed by atoms with E-state index in [2.05, 4.69) is 25.9 Å². The number of hydrogen-bond acceptors (Lipinski definition) is 7. The minimum absolute atomic E-state index is 0.103. The van der Waals surface area contributed by atoms with Gasteiger partial charge in [-0.1, -0.05) is 13.0 Å². The molecule has 2 aromatic carbocycles. The van der Waals surface area contributed by atoms with E-state index in [9.17, 15) is 9.59 Å². The summed E-state index contributed by atoms with van der Waals surface area (Å²) in [7, 11) is 5.62. The highest BCUT2D eigenvalue weighted by molar-refractivity contribution is 5.91. The smallest absolute Gasteiger partial charge is 0.350 e. The molecule has 9 nitrogen and oxygen atoms in total. The molecule has 0 atom stereocenters. The number of hydrogen-bond donors (Lipinski definition) is 3. The second kappa shape index (κ2) is 12.4. The Morgan fingerprint density at radius 3 is 2.37 bits per heavy atom. The van der Waals surface area contributed by atoms with Gasteiger partial charge in [-0.25, -0.2) is 21.5 Å². The molecule has 2 rings (SSSR count). The van der Waals surface area contributed by atoms with Crippen LogP contribution in [0.15, 0.2) is 36.4 Å². The van der Waals surface area contributed by atoms with Crippen LogP contribution in [0.5, 0.6) is 11.5 Å². The van der Waals surface area contributed by atoms with Crippen molar-refractivity contribution < 1.29 is 19.1 Å². The number of hydrazine groups is 2. The molecular formula is C21H31N5O4. The van der Waals surface area contributed by atoms with Gasteiger partial charge in [0.05, 0.1) is 18.4 Å². The van der Waals surface area contributed by atoms with Crippen molar-refractivity contribution in [1.82, 2.24) is 10.3 Å². The Balaban J connectivity index is 0.000000804. The monoisotopic (exact) mass is 417 g/mol. The van der Waals surface area contributed by atoms with Crippen molar-refractivity contribution in [2.75, 3.05) is 32.8 Å². The lowest BCUT2D eigenvalue weighted by Crippen LogP contribution is -2.48. The van der Waals surface area contributed by atoms with Gasteiger partial charge in [0, 0.05) is 5.56 Å². The maximum absolute atomic E-state index is 11.7. The van der Waals surface area contributed by atoms with E-state index < -0.39 is 6.03 Å². The molecule has 164 valence electrons. The van der Waals surface area contributed by atoms with Gasteiger partial charge in [-0.05, 0) is 63.5 Å². The third-order valence-electron chi connectivity index (χ3n) is 4.27. The number of methoxy groups -OCH3 is 1. The van der Waals surface area contributed by atoms with Crippen LogP contribution < -0.4 is 31.6 Å². The fourth-order valence-corrected chi connectivity index (χ4v) is 2.35. The van der Waals surface area contributed by atoms with Crippen LogP contribution >= 0.6 is 0 Å². The van der Waals surface area contributed by atoms with Gasteiger partial charge in [-0.2, -0.15) is 0 Å². The van der Waals surface area contributed by atoms with E-state index in [0.717, 1.165) is 23.4 Å². The standard InChI is InChI=1S/C17H20N4O4.C4H11N/c1-11-8-12(9-22)6-7-15(11)25-10-13-14(21(19)17(23)20-18)4-3-5-16(13)24-2;1-4-5(2)3/h3-9H,10,18-19H2,1-2H3,(H,20,23);4H2,1-3H3. The third kappa shape index (κ3) is 7.03. The van der Waals surface area contributed by atoms with Crippen molar-refractivity contribution in [2.45, 2.75) is 20.5 Å². The zero-order valence-electron chi connectivity index (χ0n) is 18.1. The Bertz CT molecular complexity index is 842. The van der Waals surface area contributed by atoms with Gasteiger partial charge in [0.2, 0.25) is 0 Å².